The first kappa shape index (κ1) is 32.8. The highest BCUT2D eigenvalue weighted by molar-refractivity contribution is 6.26. The van der Waals surface area contributed by atoms with Crippen molar-refractivity contribution in [2.45, 2.75) is 19.3 Å². The van der Waals surface area contributed by atoms with E-state index in [9.17, 15) is 0 Å². The van der Waals surface area contributed by atoms with Gasteiger partial charge in [-0.15, -0.1) is 0 Å². The van der Waals surface area contributed by atoms with Gasteiger partial charge in [-0.2, -0.15) is 0 Å². The minimum absolute atomic E-state index is 0.148. The molecule has 0 radical (unpaired) electrons. The molecule has 2 aromatic heterocycles. The maximum atomic E-state index is 6.56. The second-order valence-corrected chi connectivity index (χ2v) is 15.9. The van der Waals surface area contributed by atoms with E-state index in [0.29, 0.717) is 17.5 Å². The molecule has 0 saturated carbocycles. The average Bonchev–Trinajstić information content (AvgIpc) is 3.78. The normalized spacial score (nSPS) is 13.1. The maximum Gasteiger partial charge on any atom is 0.164 e. The molecule has 4 heteroatoms. The van der Waals surface area contributed by atoms with Crippen molar-refractivity contribution in [2.75, 3.05) is 0 Å². The highest BCUT2D eigenvalue weighted by Gasteiger charge is 2.37. The predicted molar refractivity (Wildman–Crippen MR) is 239 cm³/mol. The summed E-state index contributed by atoms with van der Waals surface area (Å²) >= 11 is 0. The summed E-state index contributed by atoms with van der Waals surface area (Å²) < 4.78 is 6.56. The van der Waals surface area contributed by atoms with E-state index in [1.807, 2.05) is 30.3 Å². The lowest BCUT2D eigenvalue weighted by atomic mass is 9.82. The molecule has 0 aliphatic heterocycles. The summed E-state index contributed by atoms with van der Waals surface area (Å²) in [7, 11) is 0. The Morgan fingerprint density at radius 2 is 0.897 bits per heavy atom. The molecule has 0 atom stereocenters. The van der Waals surface area contributed by atoms with Crippen LogP contribution < -0.4 is 0 Å². The van der Waals surface area contributed by atoms with E-state index in [1.165, 1.54) is 54.6 Å². The van der Waals surface area contributed by atoms with Crippen molar-refractivity contribution >= 4 is 54.3 Å². The van der Waals surface area contributed by atoms with E-state index < -0.39 is 0 Å². The summed E-state index contributed by atoms with van der Waals surface area (Å²) in [5, 5.41) is 9.57. The zero-order chi connectivity index (χ0) is 38.5. The molecule has 0 spiro atoms. The third-order valence-corrected chi connectivity index (χ3v) is 12.3. The smallest absolute Gasteiger partial charge is 0.164 e. The fraction of sp³-hybridized carbons (Fsp3) is 0.0556. The Morgan fingerprint density at radius 3 is 1.66 bits per heavy atom. The first-order chi connectivity index (χ1) is 28.5. The lowest BCUT2D eigenvalue weighted by Crippen LogP contribution is -2.14. The largest absolute Gasteiger partial charge is 0.456 e. The zero-order valence-electron chi connectivity index (χ0n) is 32.0. The van der Waals surface area contributed by atoms with Crippen LogP contribution >= 0.6 is 0 Å². The molecule has 0 bridgehead atoms. The van der Waals surface area contributed by atoms with E-state index in [2.05, 4.69) is 159 Å². The van der Waals surface area contributed by atoms with Crippen LogP contribution in [0.3, 0.4) is 0 Å². The molecule has 272 valence electrons. The number of furan rings is 1. The molecule has 0 fully saturated rings. The minimum atomic E-state index is -0.148. The highest BCUT2D eigenvalue weighted by Crippen LogP contribution is 2.52. The Kier molecular flexibility index (Phi) is 6.94. The van der Waals surface area contributed by atoms with Gasteiger partial charge in [-0.05, 0) is 90.0 Å². The SMILES string of the molecule is CC1(C)c2ccccc2-c2c(-c3nc(-c4ccccc4)nc(-c4cccc5oc6ccc(-c7ccc8c9ccccc9c9ccccc9c8c7)cc6c45)n3)cccc21. The number of hydrogen-bond acceptors (Lipinski definition) is 4. The molecular formula is C54H35N3O. The average molecular weight is 742 g/mol. The molecule has 1 aliphatic carbocycles. The molecule has 9 aromatic carbocycles. The molecule has 4 nitrogen and oxygen atoms in total. The Labute approximate surface area is 335 Å². The summed E-state index contributed by atoms with van der Waals surface area (Å²) in [6.45, 7) is 4.60. The number of nitrogens with zero attached hydrogens (tertiary/aromatic N) is 3. The lowest BCUT2D eigenvalue weighted by Gasteiger charge is -2.21. The van der Waals surface area contributed by atoms with E-state index in [-0.39, 0.29) is 5.41 Å². The van der Waals surface area contributed by atoms with Gasteiger partial charge in [-0.25, -0.2) is 15.0 Å². The molecule has 2 heterocycles. The molecule has 0 unspecified atom stereocenters. The number of fused-ring (bicyclic) bond motifs is 12. The van der Waals surface area contributed by atoms with Gasteiger partial charge in [-0.3, -0.25) is 0 Å². The minimum Gasteiger partial charge on any atom is -0.456 e. The summed E-state index contributed by atoms with van der Waals surface area (Å²) in [6.07, 6.45) is 0. The van der Waals surface area contributed by atoms with Crippen molar-refractivity contribution in [2.24, 2.45) is 0 Å². The molecule has 1 aliphatic rings. The van der Waals surface area contributed by atoms with Crippen molar-refractivity contribution in [1.29, 1.82) is 0 Å². The van der Waals surface area contributed by atoms with Crippen molar-refractivity contribution in [3.05, 3.63) is 187 Å². The predicted octanol–water partition coefficient (Wildman–Crippen LogP) is 14.2. The molecule has 58 heavy (non-hydrogen) atoms. The molecule has 0 saturated heterocycles. The standard InChI is InChI=1S/C54H35N3O/c1-54(2)45-23-11-10-20-40(45)49-41(21-12-24-46(49)54)52-55-51(32-14-4-3-5-15-32)56-53(57-52)42-22-13-25-48-50(42)44-31-34(27-29-47(44)58-48)33-26-28-39-37-18-7-6-16-35(37)36-17-8-9-19-38(36)43(39)30-33/h3-31H,1-2H3. The topological polar surface area (TPSA) is 51.8 Å². The van der Waals surface area contributed by atoms with Crippen molar-refractivity contribution in [3.63, 3.8) is 0 Å². The fourth-order valence-electron chi connectivity index (χ4n) is 9.55. The summed E-state index contributed by atoms with van der Waals surface area (Å²) in [5.74, 6) is 1.88. The zero-order valence-corrected chi connectivity index (χ0v) is 32.0. The fourth-order valence-corrected chi connectivity index (χ4v) is 9.55. The third-order valence-electron chi connectivity index (χ3n) is 12.3. The summed E-state index contributed by atoms with van der Waals surface area (Å²) in [6, 6.07) is 62.5. The second kappa shape index (κ2) is 12.3. The summed E-state index contributed by atoms with van der Waals surface area (Å²) in [4.78, 5) is 15.7. The van der Waals surface area contributed by atoms with Crippen LogP contribution in [-0.4, -0.2) is 15.0 Å². The Hall–Kier alpha value is -7.43. The number of benzene rings is 9. The van der Waals surface area contributed by atoms with Crippen LogP contribution in [0.5, 0.6) is 0 Å². The summed E-state index contributed by atoms with van der Waals surface area (Å²) in [5.41, 5.74) is 11.6. The van der Waals surface area contributed by atoms with E-state index in [1.54, 1.807) is 0 Å². The molecule has 0 amide bonds. The number of aromatic nitrogens is 3. The van der Waals surface area contributed by atoms with Gasteiger partial charge in [0.15, 0.2) is 17.5 Å². The molecule has 12 rings (SSSR count). The van der Waals surface area contributed by atoms with E-state index in [0.717, 1.165) is 49.8 Å². The molecular weight excluding hydrogens is 707 g/mol. The van der Waals surface area contributed by atoms with Crippen LogP contribution in [0.2, 0.25) is 0 Å². The first-order valence-electron chi connectivity index (χ1n) is 19.9. The Balaban J connectivity index is 1.07. The van der Waals surface area contributed by atoms with Gasteiger partial charge in [-0.1, -0.05) is 166 Å². The Bertz CT molecular complexity index is 3450. The van der Waals surface area contributed by atoms with Crippen molar-refractivity contribution in [3.8, 4) is 56.4 Å². The van der Waals surface area contributed by atoms with Crippen LogP contribution in [0.1, 0.15) is 25.0 Å². The first-order valence-corrected chi connectivity index (χ1v) is 19.9. The van der Waals surface area contributed by atoms with Gasteiger partial charge in [0.25, 0.3) is 0 Å². The van der Waals surface area contributed by atoms with Crippen molar-refractivity contribution in [1.82, 2.24) is 15.0 Å². The van der Waals surface area contributed by atoms with Crippen LogP contribution in [0.15, 0.2) is 180 Å². The van der Waals surface area contributed by atoms with Gasteiger partial charge < -0.3 is 4.42 Å². The highest BCUT2D eigenvalue weighted by atomic mass is 16.3. The van der Waals surface area contributed by atoms with Crippen LogP contribution in [0, 0.1) is 0 Å². The maximum absolute atomic E-state index is 6.56. The monoisotopic (exact) mass is 741 g/mol. The van der Waals surface area contributed by atoms with Crippen molar-refractivity contribution < 1.29 is 4.42 Å². The van der Waals surface area contributed by atoms with Gasteiger partial charge in [0, 0.05) is 32.9 Å². The van der Waals surface area contributed by atoms with Crippen LogP contribution in [0.25, 0.3) is 111 Å². The van der Waals surface area contributed by atoms with E-state index in [4.69, 9.17) is 19.4 Å². The van der Waals surface area contributed by atoms with Crippen LogP contribution in [-0.2, 0) is 5.41 Å². The quantitative estimate of drug-likeness (QED) is 0.169. The molecule has 11 aromatic rings. The Morgan fingerprint density at radius 1 is 0.362 bits per heavy atom. The second-order valence-electron chi connectivity index (χ2n) is 15.9. The lowest BCUT2D eigenvalue weighted by molar-refractivity contribution is 0.660. The number of hydrogen-bond donors (Lipinski definition) is 0. The van der Waals surface area contributed by atoms with E-state index >= 15 is 0 Å². The van der Waals surface area contributed by atoms with Gasteiger partial charge in [0.05, 0.1) is 0 Å². The van der Waals surface area contributed by atoms with Gasteiger partial charge in [0.2, 0.25) is 0 Å². The van der Waals surface area contributed by atoms with Crippen LogP contribution in [0.4, 0.5) is 0 Å². The third kappa shape index (κ3) is 4.78. The molecule has 0 N–H and O–H groups in total. The van der Waals surface area contributed by atoms with Gasteiger partial charge >= 0.3 is 0 Å². The number of rotatable bonds is 4. The van der Waals surface area contributed by atoms with Gasteiger partial charge in [0.1, 0.15) is 11.2 Å².